The Labute approximate surface area is 116 Å². The molecule has 1 aromatic carbocycles. The van der Waals surface area contributed by atoms with E-state index in [1.807, 2.05) is 12.1 Å². The standard InChI is InChI=1S/C14H18BrNO2/c15-13-9-11(5-6-12(13)14(17)18)16-8-7-10-3-1-2-4-10/h5-6,9-10,16H,1-4,7-8H2,(H,17,18). The average Bonchev–Trinajstić information content (AvgIpc) is 2.81. The third-order valence-corrected chi connectivity index (χ3v) is 4.21. The van der Waals surface area contributed by atoms with Gasteiger partial charge in [-0.3, -0.25) is 0 Å². The van der Waals surface area contributed by atoms with Crippen LogP contribution < -0.4 is 5.32 Å². The van der Waals surface area contributed by atoms with Gasteiger partial charge >= 0.3 is 5.97 Å². The Morgan fingerprint density at radius 2 is 2.11 bits per heavy atom. The van der Waals surface area contributed by atoms with Gasteiger partial charge in [-0.25, -0.2) is 4.79 Å². The number of carboxylic acid groups (broad SMARTS) is 1. The van der Waals surface area contributed by atoms with Crippen LogP contribution in [-0.2, 0) is 0 Å². The first-order valence-electron chi connectivity index (χ1n) is 6.43. The Hall–Kier alpha value is -1.03. The molecule has 4 heteroatoms. The summed E-state index contributed by atoms with van der Waals surface area (Å²) in [4.78, 5) is 10.9. The first kappa shape index (κ1) is 13.4. The van der Waals surface area contributed by atoms with Crippen molar-refractivity contribution in [1.29, 1.82) is 0 Å². The maximum atomic E-state index is 10.9. The number of carbonyl (C=O) groups is 1. The van der Waals surface area contributed by atoms with Crippen molar-refractivity contribution in [1.82, 2.24) is 0 Å². The summed E-state index contributed by atoms with van der Waals surface area (Å²) in [5.74, 6) is -0.0291. The molecule has 2 N–H and O–H groups in total. The van der Waals surface area contributed by atoms with Crippen LogP contribution in [0, 0.1) is 5.92 Å². The quantitative estimate of drug-likeness (QED) is 0.859. The van der Waals surface area contributed by atoms with Crippen molar-refractivity contribution < 1.29 is 9.90 Å². The molecule has 3 nitrogen and oxygen atoms in total. The summed E-state index contributed by atoms with van der Waals surface area (Å²) in [5, 5.41) is 12.3. The molecule has 1 aliphatic rings. The summed E-state index contributed by atoms with van der Waals surface area (Å²) in [6.07, 6.45) is 6.69. The fraction of sp³-hybridized carbons (Fsp3) is 0.500. The topological polar surface area (TPSA) is 49.3 Å². The molecule has 0 bridgehead atoms. The zero-order valence-electron chi connectivity index (χ0n) is 10.3. The summed E-state index contributed by atoms with van der Waals surface area (Å²) in [5.41, 5.74) is 1.28. The molecule has 0 radical (unpaired) electrons. The van der Waals surface area contributed by atoms with Gasteiger partial charge in [0.1, 0.15) is 0 Å². The van der Waals surface area contributed by atoms with E-state index in [1.165, 1.54) is 32.1 Å². The van der Waals surface area contributed by atoms with Crippen LogP contribution in [0.3, 0.4) is 0 Å². The highest BCUT2D eigenvalue weighted by Crippen LogP contribution is 2.27. The van der Waals surface area contributed by atoms with E-state index in [2.05, 4.69) is 21.2 Å². The minimum absolute atomic E-state index is 0.302. The van der Waals surface area contributed by atoms with Crippen LogP contribution in [-0.4, -0.2) is 17.6 Å². The summed E-state index contributed by atoms with van der Waals surface area (Å²) in [7, 11) is 0. The minimum Gasteiger partial charge on any atom is -0.478 e. The van der Waals surface area contributed by atoms with Crippen LogP contribution >= 0.6 is 15.9 Å². The molecule has 2 rings (SSSR count). The summed E-state index contributed by atoms with van der Waals surface area (Å²) < 4.78 is 0.626. The molecule has 0 atom stereocenters. The van der Waals surface area contributed by atoms with E-state index in [0.717, 1.165) is 18.2 Å². The van der Waals surface area contributed by atoms with E-state index >= 15 is 0 Å². The maximum Gasteiger partial charge on any atom is 0.336 e. The van der Waals surface area contributed by atoms with Gasteiger partial charge in [-0.05, 0) is 46.5 Å². The number of benzene rings is 1. The van der Waals surface area contributed by atoms with E-state index in [0.29, 0.717) is 10.0 Å². The van der Waals surface area contributed by atoms with Crippen LogP contribution in [0.2, 0.25) is 0 Å². The van der Waals surface area contributed by atoms with E-state index in [4.69, 9.17) is 5.11 Å². The number of rotatable bonds is 5. The molecular formula is C14H18BrNO2. The largest absolute Gasteiger partial charge is 0.478 e. The van der Waals surface area contributed by atoms with Crippen LogP contribution in [0.25, 0.3) is 0 Å². The second kappa shape index (κ2) is 6.23. The predicted octanol–water partition coefficient (Wildman–Crippen LogP) is 4.14. The smallest absolute Gasteiger partial charge is 0.336 e. The number of halogens is 1. The lowest BCUT2D eigenvalue weighted by Gasteiger charge is -2.11. The van der Waals surface area contributed by atoms with Crippen LogP contribution in [0.5, 0.6) is 0 Å². The first-order chi connectivity index (χ1) is 8.66. The molecule has 0 amide bonds. The molecule has 1 aliphatic carbocycles. The molecular weight excluding hydrogens is 294 g/mol. The van der Waals surface area contributed by atoms with Crippen molar-refractivity contribution in [2.75, 3.05) is 11.9 Å². The minimum atomic E-state index is -0.903. The maximum absolute atomic E-state index is 10.9. The van der Waals surface area contributed by atoms with E-state index in [-0.39, 0.29) is 0 Å². The third-order valence-electron chi connectivity index (χ3n) is 3.56. The Kier molecular flexibility index (Phi) is 4.64. The van der Waals surface area contributed by atoms with Gasteiger partial charge in [0.05, 0.1) is 5.56 Å². The molecule has 0 aromatic heterocycles. The van der Waals surface area contributed by atoms with Crippen LogP contribution in [0.4, 0.5) is 5.69 Å². The van der Waals surface area contributed by atoms with Crippen molar-refractivity contribution in [3.05, 3.63) is 28.2 Å². The third kappa shape index (κ3) is 3.48. The monoisotopic (exact) mass is 311 g/mol. The number of anilines is 1. The van der Waals surface area contributed by atoms with Gasteiger partial charge < -0.3 is 10.4 Å². The summed E-state index contributed by atoms with van der Waals surface area (Å²) >= 11 is 3.29. The lowest BCUT2D eigenvalue weighted by atomic mass is 10.0. The molecule has 0 aliphatic heterocycles. The molecule has 98 valence electrons. The average molecular weight is 312 g/mol. The molecule has 1 aromatic rings. The highest BCUT2D eigenvalue weighted by atomic mass is 79.9. The van der Waals surface area contributed by atoms with Gasteiger partial charge in [0, 0.05) is 16.7 Å². The molecule has 0 unspecified atom stereocenters. The van der Waals surface area contributed by atoms with Gasteiger partial charge in [0.2, 0.25) is 0 Å². The van der Waals surface area contributed by atoms with Gasteiger partial charge in [-0.15, -0.1) is 0 Å². The number of aromatic carboxylic acids is 1. The highest BCUT2D eigenvalue weighted by Gasteiger charge is 2.14. The summed E-state index contributed by atoms with van der Waals surface area (Å²) in [6, 6.07) is 5.28. The van der Waals surface area contributed by atoms with Crippen LogP contribution in [0.15, 0.2) is 22.7 Å². The van der Waals surface area contributed by atoms with Crippen LogP contribution in [0.1, 0.15) is 42.5 Å². The number of carboxylic acids is 1. The zero-order chi connectivity index (χ0) is 13.0. The fourth-order valence-electron chi connectivity index (χ4n) is 2.52. The van der Waals surface area contributed by atoms with E-state index < -0.39 is 5.97 Å². The Morgan fingerprint density at radius 1 is 1.39 bits per heavy atom. The van der Waals surface area contributed by atoms with Gasteiger partial charge in [-0.1, -0.05) is 25.7 Å². The number of hydrogen-bond donors (Lipinski definition) is 2. The van der Waals surface area contributed by atoms with E-state index in [9.17, 15) is 4.79 Å². The van der Waals surface area contributed by atoms with Gasteiger partial charge in [0.15, 0.2) is 0 Å². The lowest BCUT2D eigenvalue weighted by molar-refractivity contribution is 0.0696. The number of hydrogen-bond acceptors (Lipinski definition) is 2. The highest BCUT2D eigenvalue weighted by molar-refractivity contribution is 9.10. The van der Waals surface area contributed by atoms with Gasteiger partial charge in [0.25, 0.3) is 0 Å². The zero-order valence-corrected chi connectivity index (χ0v) is 11.9. The van der Waals surface area contributed by atoms with E-state index in [1.54, 1.807) is 6.07 Å². The van der Waals surface area contributed by atoms with Gasteiger partial charge in [-0.2, -0.15) is 0 Å². The Morgan fingerprint density at radius 3 is 2.72 bits per heavy atom. The van der Waals surface area contributed by atoms with Crippen molar-refractivity contribution in [2.45, 2.75) is 32.1 Å². The van der Waals surface area contributed by atoms with Crippen molar-refractivity contribution >= 4 is 27.6 Å². The molecule has 1 saturated carbocycles. The predicted molar refractivity (Wildman–Crippen MR) is 76.2 cm³/mol. The molecule has 1 fully saturated rings. The van der Waals surface area contributed by atoms with Crippen molar-refractivity contribution in [3.63, 3.8) is 0 Å². The second-order valence-electron chi connectivity index (χ2n) is 4.87. The molecule has 18 heavy (non-hydrogen) atoms. The van der Waals surface area contributed by atoms with Crippen molar-refractivity contribution in [2.24, 2.45) is 5.92 Å². The normalized spacial score (nSPS) is 15.8. The summed E-state index contributed by atoms with van der Waals surface area (Å²) in [6.45, 7) is 0.962. The molecule has 0 saturated heterocycles. The lowest BCUT2D eigenvalue weighted by Crippen LogP contribution is -2.07. The second-order valence-corrected chi connectivity index (χ2v) is 5.72. The number of nitrogens with one attached hydrogen (secondary N) is 1. The van der Waals surface area contributed by atoms with Crippen molar-refractivity contribution in [3.8, 4) is 0 Å². The fourth-order valence-corrected chi connectivity index (χ4v) is 3.07. The molecule has 0 spiro atoms. The Bertz CT molecular complexity index is 428. The SMILES string of the molecule is O=C(O)c1ccc(NCCC2CCCC2)cc1Br. The first-order valence-corrected chi connectivity index (χ1v) is 7.23. The molecule has 0 heterocycles. The Balaban J connectivity index is 1.85.